The first-order chi connectivity index (χ1) is 9.10. The molecule has 5 heteroatoms. The number of aliphatic hydroxyl groups excluding tert-OH is 1. The Balaban J connectivity index is 2.15. The molecule has 0 saturated heterocycles. The molecule has 0 amide bonds. The van der Waals surface area contributed by atoms with Gasteiger partial charge in [-0.2, -0.15) is 0 Å². The van der Waals surface area contributed by atoms with Crippen molar-refractivity contribution in [1.29, 1.82) is 0 Å². The smallest absolute Gasteiger partial charge is 0.124 e. The van der Waals surface area contributed by atoms with Gasteiger partial charge in [0.05, 0.1) is 6.10 Å². The Hall–Kier alpha value is -1.20. The summed E-state index contributed by atoms with van der Waals surface area (Å²) in [6, 6.07) is 4.44. The number of imidazole rings is 1. The number of aryl methyl sites for hydroxylation is 1. The molecule has 0 spiro atoms. The van der Waals surface area contributed by atoms with Gasteiger partial charge < -0.3 is 9.67 Å². The molecule has 102 valence electrons. The van der Waals surface area contributed by atoms with Gasteiger partial charge in [0.2, 0.25) is 0 Å². The summed E-state index contributed by atoms with van der Waals surface area (Å²) in [5.74, 6) is 0.454. The molecule has 1 aromatic heterocycles. The van der Waals surface area contributed by atoms with Gasteiger partial charge in [0.15, 0.2) is 0 Å². The third-order valence-electron chi connectivity index (χ3n) is 2.91. The molecular formula is C14H16BrFN2O. The third kappa shape index (κ3) is 3.64. The highest BCUT2D eigenvalue weighted by Gasteiger charge is 2.13. The van der Waals surface area contributed by atoms with Crippen LogP contribution in [0.4, 0.5) is 4.39 Å². The highest BCUT2D eigenvalue weighted by atomic mass is 79.9. The first kappa shape index (κ1) is 14.2. The predicted molar refractivity (Wildman–Crippen MR) is 75.3 cm³/mol. The summed E-state index contributed by atoms with van der Waals surface area (Å²) >= 11 is 3.23. The quantitative estimate of drug-likeness (QED) is 0.913. The molecular weight excluding hydrogens is 311 g/mol. The Morgan fingerprint density at radius 1 is 1.42 bits per heavy atom. The molecule has 1 heterocycles. The molecule has 2 aromatic rings. The molecule has 0 fully saturated rings. The summed E-state index contributed by atoms with van der Waals surface area (Å²) in [5.41, 5.74) is 0.554. The van der Waals surface area contributed by atoms with Crippen molar-refractivity contribution in [3.05, 3.63) is 52.3 Å². The number of aliphatic hydroxyl groups is 1. The second-order valence-electron chi connectivity index (χ2n) is 4.46. The number of aromatic nitrogens is 2. The summed E-state index contributed by atoms with van der Waals surface area (Å²) in [6.07, 6.45) is 4.24. The summed E-state index contributed by atoms with van der Waals surface area (Å²) < 4.78 is 15.9. The molecule has 2 rings (SSSR count). The van der Waals surface area contributed by atoms with Gasteiger partial charge >= 0.3 is 0 Å². The molecule has 0 aliphatic rings. The van der Waals surface area contributed by atoms with Gasteiger partial charge in [-0.15, -0.1) is 0 Å². The first-order valence-corrected chi connectivity index (χ1v) is 7.03. The lowest BCUT2D eigenvalue weighted by Gasteiger charge is -2.13. The lowest BCUT2D eigenvalue weighted by molar-refractivity contribution is 0.174. The molecule has 0 aliphatic carbocycles. The molecule has 3 nitrogen and oxygen atoms in total. The van der Waals surface area contributed by atoms with Gasteiger partial charge in [-0.05, 0) is 30.2 Å². The number of hydrogen-bond donors (Lipinski definition) is 1. The topological polar surface area (TPSA) is 38.0 Å². The van der Waals surface area contributed by atoms with Crippen LogP contribution in [0.1, 0.15) is 30.8 Å². The molecule has 0 bridgehead atoms. The van der Waals surface area contributed by atoms with Crippen LogP contribution >= 0.6 is 15.9 Å². The first-order valence-electron chi connectivity index (χ1n) is 6.24. The zero-order valence-electron chi connectivity index (χ0n) is 10.7. The van der Waals surface area contributed by atoms with Crippen LogP contribution in [0.3, 0.4) is 0 Å². The van der Waals surface area contributed by atoms with E-state index in [1.54, 1.807) is 12.3 Å². The summed E-state index contributed by atoms with van der Waals surface area (Å²) in [4.78, 5) is 4.24. The lowest BCUT2D eigenvalue weighted by Crippen LogP contribution is -2.09. The average molecular weight is 327 g/mol. The van der Waals surface area contributed by atoms with E-state index in [0.717, 1.165) is 18.8 Å². The molecule has 19 heavy (non-hydrogen) atoms. The minimum absolute atomic E-state index is 0.361. The van der Waals surface area contributed by atoms with Crippen molar-refractivity contribution in [1.82, 2.24) is 9.55 Å². The lowest BCUT2D eigenvalue weighted by atomic mass is 10.1. The van der Waals surface area contributed by atoms with E-state index in [4.69, 9.17) is 0 Å². The van der Waals surface area contributed by atoms with Crippen molar-refractivity contribution >= 4 is 15.9 Å². The highest BCUT2D eigenvalue weighted by Crippen LogP contribution is 2.23. The second-order valence-corrected chi connectivity index (χ2v) is 5.38. The van der Waals surface area contributed by atoms with Crippen LogP contribution in [0.15, 0.2) is 35.1 Å². The summed E-state index contributed by atoms with van der Waals surface area (Å²) in [5, 5.41) is 10.2. The number of rotatable bonds is 5. The van der Waals surface area contributed by atoms with Crippen LogP contribution < -0.4 is 0 Å². The van der Waals surface area contributed by atoms with Crippen molar-refractivity contribution in [2.45, 2.75) is 32.4 Å². The zero-order chi connectivity index (χ0) is 13.8. The van der Waals surface area contributed by atoms with Crippen LogP contribution in [0.2, 0.25) is 0 Å². The summed E-state index contributed by atoms with van der Waals surface area (Å²) in [7, 11) is 0. The number of halogens is 2. The van der Waals surface area contributed by atoms with Gasteiger partial charge in [-0.3, -0.25) is 0 Å². The minimum atomic E-state index is -0.759. The van der Waals surface area contributed by atoms with E-state index in [1.807, 2.05) is 10.8 Å². The maximum Gasteiger partial charge on any atom is 0.124 e. The standard InChI is InChI=1S/C14H16BrFN2O/c1-2-4-18-5-3-17-14(18)9-13(19)10-6-11(15)8-12(16)7-10/h3,5-8,13,19H,2,4,9H2,1H3. The zero-order valence-corrected chi connectivity index (χ0v) is 12.3. The van der Waals surface area contributed by atoms with E-state index < -0.39 is 6.10 Å². The van der Waals surface area contributed by atoms with Gasteiger partial charge in [0.25, 0.3) is 0 Å². The molecule has 1 unspecified atom stereocenters. The Morgan fingerprint density at radius 3 is 2.89 bits per heavy atom. The van der Waals surface area contributed by atoms with Crippen LogP contribution in [-0.4, -0.2) is 14.7 Å². The van der Waals surface area contributed by atoms with Gasteiger partial charge in [-0.1, -0.05) is 22.9 Å². The van der Waals surface area contributed by atoms with E-state index in [2.05, 4.69) is 27.8 Å². The average Bonchev–Trinajstić information content (AvgIpc) is 2.76. The van der Waals surface area contributed by atoms with E-state index in [1.165, 1.54) is 12.1 Å². The Morgan fingerprint density at radius 2 is 2.21 bits per heavy atom. The maximum absolute atomic E-state index is 13.3. The van der Waals surface area contributed by atoms with Gasteiger partial charge in [-0.25, -0.2) is 9.37 Å². The van der Waals surface area contributed by atoms with Crippen molar-refractivity contribution in [3.63, 3.8) is 0 Å². The van der Waals surface area contributed by atoms with Gasteiger partial charge in [0, 0.05) is 29.8 Å². The summed E-state index contributed by atoms with van der Waals surface area (Å²) in [6.45, 7) is 2.96. The fourth-order valence-corrected chi connectivity index (χ4v) is 2.52. The molecule has 1 atom stereocenters. The second kappa shape index (κ2) is 6.30. The Kier molecular flexibility index (Phi) is 4.71. The fraction of sp³-hybridized carbons (Fsp3) is 0.357. The van der Waals surface area contributed by atoms with Crippen LogP contribution in [-0.2, 0) is 13.0 Å². The van der Waals surface area contributed by atoms with E-state index in [-0.39, 0.29) is 5.82 Å². The minimum Gasteiger partial charge on any atom is -0.388 e. The van der Waals surface area contributed by atoms with Crippen LogP contribution in [0.5, 0.6) is 0 Å². The largest absolute Gasteiger partial charge is 0.388 e. The third-order valence-corrected chi connectivity index (χ3v) is 3.37. The maximum atomic E-state index is 13.3. The van der Waals surface area contributed by atoms with Crippen molar-refractivity contribution in [2.75, 3.05) is 0 Å². The van der Waals surface area contributed by atoms with E-state index in [9.17, 15) is 9.50 Å². The molecule has 1 aromatic carbocycles. The molecule has 0 radical (unpaired) electrons. The number of benzene rings is 1. The molecule has 0 saturated carbocycles. The Bertz CT molecular complexity index is 536. The van der Waals surface area contributed by atoms with E-state index in [0.29, 0.717) is 16.5 Å². The normalized spacial score (nSPS) is 12.6. The fourth-order valence-electron chi connectivity index (χ4n) is 2.03. The molecule has 1 N–H and O–H groups in total. The number of nitrogens with zero attached hydrogens (tertiary/aromatic N) is 2. The van der Waals surface area contributed by atoms with Gasteiger partial charge in [0.1, 0.15) is 11.6 Å². The molecule has 0 aliphatic heterocycles. The SMILES string of the molecule is CCCn1ccnc1CC(O)c1cc(F)cc(Br)c1. The Labute approximate surface area is 120 Å². The van der Waals surface area contributed by atoms with Crippen molar-refractivity contribution < 1.29 is 9.50 Å². The predicted octanol–water partition coefficient (Wildman–Crippen LogP) is 3.47. The number of hydrogen-bond acceptors (Lipinski definition) is 2. The van der Waals surface area contributed by atoms with Crippen LogP contribution in [0.25, 0.3) is 0 Å². The van der Waals surface area contributed by atoms with E-state index >= 15 is 0 Å². The highest BCUT2D eigenvalue weighted by molar-refractivity contribution is 9.10. The van der Waals surface area contributed by atoms with Crippen LogP contribution in [0, 0.1) is 5.82 Å². The van der Waals surface area contributed by atoms with Crippen molar-refractivity contribution in [3.8, 4) is 0 Å². The monoisotopic (exact) mass is 326 g/mol. The van der Waals surface area contributed by atoms with Crippen molar-refractivity contribution in [2.24, 2.45) is 0 Å².